The van der Waals surface area contributed by atoms with Crippen LogP contribution in [-0.2, 0) is 11.3 Å². The summed E-state index contributed by atoms with van der Waals surface area (Å²) in [5.74, 6) is 0.390. The Morgan fingerprint density at radius 3 is 2.52 bits per heavy atom. The van der Waals surface area contributed by atoms with Gasteiger partial charge in [-0.3, -0.25) is 4.90 Å². The van der Waals surface area contributed by atoms with Crippen LogP contribution in [0, 0.1) is 0 Å². The molecule has 7 heteroatoms. The lowest BCUT2D eigenvalue weighted by molar-refractivity contribution is -0.0514. The van der Waals surface area contributed by atoms with E-state index in [-0.39, 0.29) is 11.8 Å². The maximum absolute atomic E-state index is 12.6. The lowest BCUT2D eigenvalue weighted by atomic mass is 10.0. The fourth-order valence-electron chi connectivity index (χ4n) is 3.50. The summed E-state index contributed by atoms with van der Waals surface area (Å²) in [6.07, 6.45) is 0. The highest BCUT2D eigenvalue weighted by Crippen LogP contribution is 2.30. The number of hydrogen-bond donors (Lipinski definition) is 1. The van der Waals surface area contributed by atoms with Crippen LogP contribution in [0.5, 0.6) is 11.5 Å². The Kier molecular flexibility index (Phi) is 8.22. The van der Waals surface area contributed by atoms with Crippen molar-refractivity contribution in [3.8, 4) is 11.5 Å². The number of benzene rings is 2. The first-order valence-corrected chi connectivity index (χ1v) is 9.95. The van der Waals surface area contributed by atoms with Gasteiger partial charge in [-0.1, -0.05) is 36.4 Å². The summed E-state index contributed by atoms with van der Waals surface area (Å²) in [6, 6.07) is 15.7. The minimum atomic E-state index is -2.88. The summed E-state index contributed by atoms with van der Waals surface area (Å²) in [7, 11) is 0. The lowest BCUT2D eigenvalue weighted by Crippen LogP contribution is -2.42. The maximum atomic E-state index is 12.6. The van der Waals surface area contributed by atoms with Gasteiger partial charge in [-0.15, -0.1) is 0 Å². The van der Waals surface area contributed by atoms with E-state index in [1.807, 2.05) is 13.0 Å². The first-order chi connectivity index (χ1) is 14.2. The van der Waals surface area contributed by atoms with Crippen molar-refractivity contribution in [2.24, 2.45) is 0 Å². The van der Waals surface area contributed by atoms with E-state index in [1.165, 1.54) is 11.6 Å². The molecule has 1 fully saturated rings. The average molecular weight is 406 g/mol. The molecular formula is C22H28F2N2O3. The van der Waals surface area contributed by atoms with Crippen molar-refractivity contribution in [2.45, 2.75) is 26.1 Å². The van der Waals surface area contributed by atoms with E-state index in [9.17, 15) is 8.78 Å². The Morgan fingerprint density at radius 2 is 1.83 bits per heavy atom. The van der Waals surface area contributed by atoms with Crippen LogP contribution < -0.4 is 14.8 Å². The molecule has 0 spiro atoms. The second kappa shape index (κ2) is 11.1. The fourth-order valence-corrected chi connectivity index (χ4v) is 3.50. The Bertz CT molecular complexity index is 740. The minimum Gasteiger partial charge on any atom is -0.490 e. The molecule has 0 aromatic heterocycles. The highest BCUT2D eigenvalue weighted by Gasteiger charge is 2.22. The highest BCUT2D eigenvalue weighted by atomic mass is 19.3. The molecule has 2 aromatic carbocycles. The van der Waals surface area contributed by atoms with Crippen LogP contribution in [0.25, 0.3) is 0 Å². The van der Waals surface area contributed by atoms with E-state index in [2.05, 4.69) is 39.2 Å². The summed E-state index contributed by atoms with van der Waals surface area (Å²) in [4.78, 5) is 2.43. The largest absolute Gasteiger partial charge is 0.490 e. The van der Waals surface area contributed by atoms with Crippen LogP contribution in [-0.4, -0.2) is 51.0 Å². The summed E-state index contributed by atoms with van der Waals surface area (Å²) in [6.45, 7) is 3.96. The second-order valence-corrected chi connectivity index (χ2v) is 6.80. The molecule has 2 aromatic rings. The van der Waals surface area contributed by atoms with Crippen LogP contribution in [0.15, 0.2) is 48.5 Å². The quantitative estimate of drug-likeness (QED) is 0.649. The minimum absolute atomic E-state index is 0.0566. The maximum Gasteiger partial charge on any atom is 0.387 e. The van der Waals surface area contributed by atoms with Crippen molar-refractivity contribution in [2.75, 3.05) is 39.5 Å². The van der Waals surface area contributed by atoms with Gasteiger partial charge < -0.3 is 19.5 Å². The summed E-state index contributed by atoms with van der Waals surface area (Å²) in [5, 5.41) is 3.50. The molecule has 29 heavy (non-hydrogen) atoms. The van der Waals surface area contributed by atoms with E-state index < -0.39 is 6.61 Å². The smallest absolute Gasteiger partial charge is 0.387 e. The number of ether oxygens (including phenoxy) is 3. The van der Waals surface area contributed by atoms with Crippen molar-refractivity contribution in [3.63, 3.8) is 0 Å². The molecule has 1 heterocycles. The van der Waals surface area contributed by atoms with E-state index >= 15 is 0 Å². The molecule has 1 N–H and O–H groups in total. The Hall–Kier alpha value is -2.22. The predicted octanol–water partition coefficient (Wildman–Crippen LogP) is 3.85. The van der Waals surface area contributed by atoms with Crippen LogP contribution in [0.1, 0.15) is 24.1 Å². The Balaban J connectivity index is 1.65. The van der Waals surface area contributed by atoms with Crippen LogP contribution >= 0.6 is 0 Å². The van der Waals surface area contributed by atoms with Crippen molar-refractivity contribution in [3.05, 3.63) is 59.7 Å². The van der Waals surface area contributed by atoms with Gasteiger partial charge in [-0.05, 0) is 30.2 Å². The zero-order valence-electron chi connectivity index (χ0n) is 16.7. The van der Waals surface area contributed by atoms with Gasteiger partial charge in [0.15, 0.2) is 11.5 Å². The predicted molar refractivity (Wildman–Crippen MR) is 108 cm³/mol. The standard InChI is InChI=1S/C22H28F2N2O3/c1-2-28-21-14-17(8-9-20(21)29-22(23)24)15-25-16-19(18-6-4-3-5-7-18)26-10-12-27-13-11-26/h3-9,14,19,22,25H,2,10-13,15-16H2,1H3. The van der Waals surface area contributed by atoms with Crippen LogP contribution in [0.3, 0.4) is 0 Å². The number of hydrogen-bond acceptors (Lipinski definition) is 5. The van der Waals surface area contributed by atoms with Gasteiger partial charge in [0.1, 0.15) is 0 Å². The summed E-state index contributed by atoms with van der Waals surface area (Å²) >= 11 is 0. The number of halogens is 2. The topological polar surface area (TPSA) is 43.0 Å². The van der Waals surface area contributed by atoms with Crippen molar-refractivity contribution >= 4 is 0 Å². The SMILES string of the molecule is CCOc1cc(CNCC(c2ccccc2)N2CCOCC2)ccc1OC(F)F. The normalized spacial score (nSPS) is 16.0. The molecule has 0 bridgehead atoms. The third kappa shape index (κ3) is 6.39. The molecule has 1 unspecified atom stereocenters. The van der Waals surface area contributed by atoms with Crippen molar-refractivity contribution in [1.82, 2.24) is 10.2 Å². The molecule has 0 radical (unpaired) electrons. The Morgan fingerprint density at radius 1 is 1.07 bits per heavy atom. The fraction of sp³-hybridized carbons (Fsp3) is 0.455. The highest BCUT2D eigenvalue weighted by molar-refractivity contribution is 5.43. The molecule has 0 aliphatic carbocycles. The zero-order valence-corrected chi connectivity index (χ0v) is 16.7. The molecule has 0 saturated carbocycles. The molecule has 1 aliphatic heterocycles. The first kappa shape index (κ1) is 21.5. The van der Waals surface area contributed by atoms with Gasteiger partial charge in [-0.2, -0.15) is 8.78 Å². The number of alkyl halides is 2. The van der Waals surface area contributed by atoms with Gasteiger partial charge in [0.25, 0.3) is 0 Å². The Labute approximate surface area is 170 Å². The van der Waals surface area contributed by atoms with Gasteiger partial charge >= 0.3 is 6.61 Å². The van der Waals surface area contributed by atoms with Gasteiger partial charge in [0.05, 0.1) is 19.8 Å². The average Bonchev–Trinajstić information content (AvgIpc) is 2.74. The van der Waals surface area contributed by atoms with E-state index in [0.717, 1.165) is 38.4 Å². The number of morpholine rings is 1. The summed E-state index contributed by atoms with van der Waals surface area (Å²) < 4.78 is 40.6. The lowest BCUT2D eigenvalue weighted by Gasteiger charge is -2.35. The van der Waals surface area contributed by atoms with E-state index in [0.29, 0.717) is 18.9 Å². The molecule has 3 rings (SSSR count). The van der Waals surface area contributed by atoms with E-state index in [1.54, 1.807) is 12.1 Å². The molecule has 1 saturated heterocycles. The molecule has 1 aliphatic rings. The molecule has 0 amide bonds. The van der Waals surface area contributed by atoms with E-state index in [4.69, 9.17) is 9.47 Å². The third-order valence-electron chi connectivity index (χ3n) is 4.86. The molecule has 1 atom stereocenters. The van der Waals surface area contributed by atoms with Gasteiger partial charge in [0, 0.05) is 32.2 Å². The van der Waals surface area contributed by atoms with Crippen molar-refractivity contribution in [1.29, 1.82) is 0 Å². The second-order valence-electron chi connectivity index (χ2n) is 6.80. The summed E-state index contributed by atoms with van der Waals surface area (Å²) in [5.41, 5.74) is 2.21. The number of rotatable bonds is 10. The van der Waals surface area contributed by atoms with Gasteiger partial charge in [-0.25, -0.2) is 0 Å². The first-order valence-electron chi connectivity index (χ1n) is 9.95. The van der Waals surface area contributed by atoms with Gasteiger partial charge in [0.2, 0.25) is 0 Å². The zero-order chi connectivity index (χ0) is 20.5. The molecule has 158 valence electrons. The van der Waals surface area contributed by atoms with Crippen LogP contribution in [0.2, 0.25) is 0 Å². The molecule has 5 nitrogen and oxygen atoms in total. The molecular weight excluding hydrogens is 378 g/mol. The number of nitrogens with zero attached hydrogens (tertiary/aromatic N) is 1. The number of nitrogens with one attached hydrogen (secondary N) is 1. The third-order valence-corrected chi connectivity index (χ3v) is 4.86. The van der Waals surface area contributed by atoms with Crippen LogP contribution in [0.4, 0.5) is 8.78 Å². The monoisotopic (exact) mass is 406 g/mol. The van der Waals surface area contributed by atoms with Crippen molar-refractivity contribution < 1.29 is 23.0 Å².